The molecule has 0 bridgehead atoms. The van der Waals surface area contributed by atoms with Crippen molar-refractivity contribution < 1.29 is 5.11 Å². The van der Waals surface area contributed by atoms with Crippen molar-refractivity contribution in [3.05, 3.63) is 28.8 Å². The van der Waals surface area contributed by atoms with Gasteiger partial charge in [-0.25, -0.2) is 0 Å². The van der Waals surface area contributed by atoms with Crippen LogP contribution in [0.3, 0.4) is 0 Å². The Hall–Kier alpha value is -0.730. The molecule has 0 aliphatic heterocycles. The Kier molecular flexibility index (Phi) is 3.95. The number of rotatable bonds is 3. The molecule has 0 spiro atoms. The first kappa shape index (κ1) is 12.7. The number of aliphatic hydroxyl groups excluding tert-OH is 1. The molecule has 1 aliphatic rings. The normalized spacial score (nSPS) is 18.4. The molecule has 1 fully saturated rings. The summed E-state index contributed by atoms with van der Waals surface area (Å²) in [5.41, 5.74) is 1.95. The van der Waals surface area contributed by atoms with Gasteiger partial charge in [0.25, 0.3) is 0 Å². The SMILES string of the molecule is CC(O)c1ccc(N(C)C2CCCC2)cc1Cl. The molecule has 0 saturated heterocycles. The Bertz CT molecular complexity index is 386. The molecule has 3 heteroatoms. The van der Waals surface area contributed by atoms with Crippen LogP contribution in [0.1, 0.15) is 44.3 Å². The Balaban J connectivity index is 2.18. The predicted molar refractivity (Wildman–Crippen MR) is 72.7 cm³/mol. The summed E-state index contributed by atoms with van der Waals surface area (Å²) < 4.78 is 0. The fraction of sp³-hybridized carbons (Fsp3) is 0.571. The molecule has 1 aromatic carbocycles. The summed E-state index contributed by atoms with van der Waals surface area (Å²) in [7, 11) is 2.13. The maximum absolute atomic E-state index is 9.55. The maximum atomic E-state index is 9.55. The predicted octanol–water partition coefficient (Wildman–Crippen LogP) is 3.77. The van der Waals surface area contributed by atoms with E-state index in [4.69, 9.17) is 11.6 Å². The average Bonchev–Trinajstić information content (AvgIpc) is 2.80. The number of benzene rings is 1. The van der Waals surface area contributed by atoms with Gasteiger partial charge in [0.2, 0.25) is 0 Å². The van der Waals surface area contributed by atoms with Gasteiger partial charge in [-0.3, -0.25) is 0 Å². The third-order valence-electron chi connectivity index (χ3n) is 3.71. The topological polar surface area (TPSA) is 23.5 Å². The van der Waals surface area contributed by atoms with Crippen molar-refractivity contribution >= 4 is 17.3 Å². The Labute approximate surface area is 108 Å². The molecule has 94 valence electrons. The largest absolute Gasteiger partial charge is 0.389 e. The smallest absolute Gasteiger partial charge is 0.0776 e. The molecule has 0 aromatic heterocycles. The second-order valence-electron chi connectivity index (χ2n) is 4.93. The van der Waals surface area contributed by atoms with Crippen LogP contribution < -0.4 is 4.90 Å². The summed E-state index contributed by atoms with van der Waals surface area (Å²) in [4.78, 5) is 2.31. The van der Waals surface area contributed by atoms with Gasteiger partial charge in [0.05, 0.1) is 6.10 Å². The number of hydrogen-bond donors (Lipinski definition) is 1. The third kappa shape index (κ3) is 2.75. The van der Waals surface area contributed by atoms with Gasteiger partial charge in [0, 0.05) is 23.8 Å². The van der Waals surface area contributed by atoms with Crippen LogP contribution in [-0.2, 0) is 0 Å². The van der Waals surface area contributed by atoms with E-state index >= 15 is 0 Å². The summed E-state index contributed by atoms with van der Waals surface area (Å²) >= 11 is 6.19. The third-order valence-corrected chi connectivity index (χ3v) is 4.04. The molecule has 2 rings (SSSR count). The molecule has 1 N–H and O–H groups in total. The quantitative estimate of drug-likeness (QED) is 0.886. The Morgan fingerprint density at radius 3 is 2.53 bits per heavy atom. The van der Waals surface area contributed by atoms with E-state index in [9.17, 15) is 5.11 Å². The van der Waals surface area contributed by atoms with Crippen LogP contribution in [0.15, 0.2) is 18.2 Å². The summed E-state index contributed by atoms with van der Waals surface area (Å²) in [6.45, 7) is 1.74. The molecule has 1 unspecified atom stereocenters. The van der Waals surface area contributed by atoms with Gasteiger partial charge in [-0.05, 0) is 37.5 Å². The highest BCUT2D eigenvalue weighted by molar-refractivity contribution is 6.31. The molecule has 1 atom stereocenters. The fourth-order valence-electron chi connectivity index (χ4n) is 2.58. The highest BCUT2D eigenvalue weighted by Gasteiger charge is 2.20. The second kappa shape index (κ2) is 5.28. The van der Waals surface area contributed by atoms with Crippen LogP contribution in [0.5, 0.6) is 0 Å². The highest BCUT2D eigenvalue weighted by Crippen LogP contribution is 2.31. The lowest BCUT2D eigenvalue weighted by molar-refractivity contribution is 0.199. The summed E-state index contributed by atoms with van der Waals surface area (Å²) in [6.07, 6.45) is 4.69. The molecular formula is C14H20ClNO. The van der Waals surface area contributed by atoms with E-state index in [1.54, 1.807) is 6.92 Å². The zero-order chi connectivity index (χ0) is 12.4. The van der Waals surface area contributed by atoms with Crippen LogP contribution in [0, 0.1) is 0 Å². The second-order valence-corrected chi connectivity index (χ2v) is 5.34. The van der Waals surface area contributed by atoms with Crippen LogP contribution >= 0.6 is 11.6 Å². The van der Waals surface area contributed by atoms with Crippen molar-refractivity contribution in [3.8, 4) is 0 Å². The minimum atomic E-state index is -0.506. The van der Waals surface area contributed by atoms with E-state index in [0.717, 1.165) is 11.3 Å². The first-order valence-corrected chi connectivity index (χ1v) is 6.67. The van der Waals surface area contributed by atoms with Gasteiger partial charge in [0.1, 0.15) is 0 Å². The molecule has 17 heavy (non-hydrogen) atoms. The van der Waals surface area contributed by atoms with E-state index in [1.165, 1.54) is 25.7 Å². The van der Waals surface area contributed by atoms with Crippen LogP contribution in [0.4, 0.5) is 5.69 Å². The molecular weight excluding hydrogens is 234 g/mol. The lowest BCUT2D eigenvalue weighted by Crippen LogP contribution is -2.28. The molecule has 1 aliphatic carbocycles. The maximum Gasteiger partial charge on any atom is 0.0776 e. The summed E-state index contributed by atoms with van der Waals surface area (Å²) in [6, 6.07) is 6.57. The first-order chi connectivity index (χ1) is 8.09. The van der Waals surface area contributed by atoms with Gasteiger partial charge in [-0.2, -0.15) is 0 Å². The van der Waals surface area contributed by atoms with Crippen LogP contribution in [-0.4, -0.2) is 18.2 Å². The average molecular weight is 254 g/mol. The zero-order valence-electron chi connectivity index (χ0n) is 10.5. The monoisotopic (exact) mass is 253 g/mol. The van der Waals surface area contributed by atoms with Crippen molar-refractivity contribution in [1.29, 1.82) is 0 Å². The molecule has 0 amide bonds. The van der Waals surface area contributed by atoms with Gasteiger partial charge in [-0.1, -0.05) is 30.5 Å². The molecule has 0 heterocycles. The molecule has 2 nitrogen and oxygen atoms in total. The molecule has 1 aromatic rings. The first-order valence-electron chi connectivity index (χ1n) is 6.30. The van der Waals surface area contributed by atoms with Crippen molar-refractivity contribution in [3.63, 3.8) is 0 Å². The molecule has 1 saturated carbocycles. The summed E-state index contributed by atoms with van der Waals surface area (Å²) in [5, 5.41) is 10.2. The van der Waals surface area contributed by atoms with Crippen LogP contribution in [0.25, 0.3) is 0 Å². The minimum absolute atomic E-state index is 0.506. The van der Waals surface area contributed by atoms with Crippen molar-refractivity contribution in [1.82, 2.24) is 0 Å². The number of halogens is 1. The van der Waals surface area contributed by atoms with Gasteiger partial charge in [0.15, 0.2) is 0 Å². The molecule has 0 radical (unpaired) electrons. The number of nitrogens with zero attached hydrogens (tertiary/aromatic N) is 1. The summed E-state index contributed by atoms with van der Waals surface area (Å²) in [5.74, 6) is 0. The number of hydrogen-bond acceptors (Lipinski definition) is 2. The van der Waals surface area contributed by atoms with Crippen molar-refractivity contribution in [2.75, 3.05) is 11.9 Å². The van der Waals surface area contributed by atoms with Gasteiger partial charge < -0.3 is 10.0 Å². The highest BCUT2D eigenvalue weighted by atomic mass is 35.5. The van der Waals surface area contributed by atoms with E-state index in [2.05, 4.69) is 11.9 Å². The lowest BCUT2D eigenvalue weighted by atomic mass is 10.1. The van der Waals surface area contributed by atoms with E-state index in [0.29, 0.717) is 11.1 Å². The van der Waals surface area contributed by atoms with Gasteiger partial charge in [-0.15, -0.1) is 0 Å². The van der Waals surface area contributed by atoms with E-state index < -0.39 is 6.10 Å². The lowest BCUT2D eigenvalue weighted by Gasteiger charge is -2.27. The fourth-order valence-corrected chi connectivity index (χ4v) is 2.91. The minimum Gasteiger partial charge on any atom is -0.389 e. The van der Waals surface area contributed by atoms with E-state index in [1.807, 2.05) is 18.2 Å². The van der Waals surface area contributed by atoms with Gasteiger partial charge >= 0.3 is 0 Å². The number of anilines is 1. The van der Waals surface area contributed by atoms with Crippen molar-refractivity contribution in [2.45, 2.75) is 44.8 Å². The Morgan fingerprint density at radius 1 is 1.35 bits per heavy atom. The van der Waals surface area contributed by atoms with Crippen molar-refractivity contribution in [2.24, 2.45) is 0 Å². The van der Waals surface area contributed by atoms with Crippen LogP contribution in [0.2, 0.25) is 5.02 Å². The standard InChI is InChI=1S/C14H20ClNO/c1-10(17)13-8-7-12(9-14(13)15)16(2)11-5-3-4-6-11/h7-11,17H,3-6H2,1-2H3. The van der Waals surface area contributed by atoms with E-state index in [-0.39, 0.29) is 0 Å². The zero-order valence-corrected chi connectivity index (χ0v) is 11.2. The number of aliphatic hydroxyl groups is 1. The Morgan fingerprint density at radius 2 is 2.00 bits per heavy atom.